The number of fused-ring (bicyclic) bond motifs is 1. The zero-order valence-corrected chi connectivity index (χ0v) is 12.0. The molecule has 0 aliphatic carbocycles. The highest BCUT2D eigenvalue weighted by atomic mass is 32.2. The highest BCUT2D eigenvalue weighted by Crippen LogP contribution is 2.30. The Bertz CT molecular complexity index is 830. The first-order valence-corrected chi connectivity index (χ1v) is 7.21. The molecule has 0 amide bonds. The monoisotopic (exact) mass is 301 g/mol. The van der Waals surface area contributed by atoms with Crippen LogP contribution in [0.1, 0.15) is 18.3 Å². The van der Waals surface area contributed by atoms with E-state index in [9.17, 15) is 4.39 Å². The lowest BCUT2D eigenvalue weighted by Gasteiger charge is -2.06. The number of benzene rings is 1. The summed E-state index contributed by atoms with van der Waals surface area (Å²) in [6.45, 7) is 2.02. The predicted octanol–water partition coefficient (Wildman–Crippen LogP) is 3.58. The molecule has 5 nitrogen and oxygen atoms in total. The third kappa shape index (κ3) is 2.45. The minimum Gasteiger partial charge on any atom is -0.358 e. The summed E-state index contributed by atoms with van der Waals surface area (Å²) in [5.74, 6) is 0.503. The molecule has 0 aliphatic heterocycles. The van der Waals surface area contributed by atoms with E-state index in [0.717, 1.165) is 17.3 Å². The molecule has 0 bridgehead atoms. The van der Waals surface area contributed by atoms with E-state index in [2.05, 4.69) is 19.7 Å². The Morgan fingerprint density at radius 2 is 2.33 bits per heavy atom. The largest absolute Gasteiger partial charge is 0.358 e. The fraction of sp³-hybridized carbons (Fsp3) is 0.143. The molecule has 7 heteroatoms. The van der Waals surface area contributed by atoms with Crippen molar-refractivity contribution in [3.8, 4) is 6.07 Å². The van der Waals surface area contributed by atoms with Crippen molar-refractivity contribution in [1.29, 1.82) is 5.26 Å². The molecule has 2 heterocycles. The molecule has 21 heavy (non-hydrogen) atoms. The number of aryl methyl sites for hydroxylation is 1. The quantitative estimate of drug-likeness (QED) is 0.643. The smallest absolute Gasteiger partial charge is 0.134 e. The van der Waals surface area contributed by atoms with Gasteiger partial charge in [-0.05, 0) is 12.1 Å². The first kappa shape index (κ1) is 13.5. The molecule has 3 N–H and O–H groups in total. The number of anilines is 1. The molecule has 0 fully saturated rings. The van der Waals surface area contributed by atoms with Crippen LogP contribution in [0.4, 0.5) is 10.1 Å². The summed E-state index contributed by atoms with van der Waals surface area (Å²) >= 11 is 1.35. The summed E-state index contributed by atoms with van der Waals surface area (Å²) in [5, 5.41) is 10.2. The van der Waals surface area contributed by atoms with Crippen LogP contribution in [0, 0.1) is 17.1 Å². The summed E-state index contributed by atoms with van der Waals surface area (Å²) in [6.07, 6.45) is 4.09. The molecule has 3 rings (SSSR count). The number of imidazole rings is 1. The van der Waals surface area contributed by atoms with Gasteiger partial charge in [0.25, 0.3) is 0 Å². The number of aromatic amines is 2. The highest BCUT2D eigenvalue weighted by Gasteiger charge is 2.12. The predicted molar refractivity (Wildman–Crippen MR) is 80.4 cm³/mol. The third-order valence-corrected chi connectivity index (χ3v) is 3.87. The molecule has 0 spiro atoms. The second-order valence-electron chi connectivity index (χ2n) is 4.41. The summed E-state index contributed by atoms with van der Waals surface area (Å²) in [5.41, 5.74) is 1.59. The number of halogens is 1. The Hall–Kier alpha value is -2.46. The molecule has 2 aromatic heterocycles. The topological polar surface area (TPSA) is 80.3 Å². The van der Waals surface area contributed by atoms with Crippen molar-refractivity contribution in [2.75, 3.05) is 4.72 Å². The number of nitrogens with zero attached hydrogens (tertiary/aromatic N) is 2. The maximum atomic E-state index is 13.8. The van der Waals surface area contributed by atoms with Crippen LogP contribution in [0.2, 0.25) is 0 Å². The van der Waals surface area contributed by atoms with Gasteiger partial charge >= 0.3 is 0 Å². The molecule has 106 valence electrons. The Morgan fingerprint density at radius 1 is 1.48 bits per heavy atom. The number of nitrogens with one attached hydrogen (secondary N) is 3. The van der Waals surface area contributed by atoms with Gasteiger partial charge in [0.1, 0.15) is 22.7 Å². The Labute approximate surface area is 124 Å². The van der Waals surface area contributed by atoms with Crippen LogP contribution in [0.25, 0.3) is 10.9 Å². The number of H-pyrrole nitrogens is 2. The molecule has 1 aromatic carbocycles. The van der Waals surface area contributed by atoms with Crippen molar-refractivity contribution in [2.24, 2.45) is 0 Å². The maximum absolute atomic E-state index is 13.8. The molecule has 3 aromatic rings. The van der Waals surface area contributed by atoms with Gasteiger partial charge in [-0.2, -0.15) is 5.26 Å². The van der Waals surface area contributed by atoms with Gasteiger partial charge in [-0.1, -0.05) is 6.92 Å². The van der Waals surface area contributed by atoms with Crippen LogP contribution < -0.4 is 4.72 Å². The number of hydrogen-bond acceptors (Lipinski definition) is 4. The first-order valence-electron chi connectivity index (χ1n) is 6.39. The van der Waals surface area contributed by atoms with Crippen LogP contribution in [-0.4, -0.2) is 15.0 Å². The number of nitriles is 1. The molecule has 0 aliphatic rings. The minimum atomic E-state index is -0.409. The second kappa shape index (κ2) is 5.50. The van der Waals surface area contributed by atoms with Gasteiger partial charge in [0.05, 0.1) is 28.4 Å². The van der Waals surface area contributed by atoms with Crippen molar-refractivity contribution >= 4 is 28.5 Å². The van der Waals surface area contributed by atoms with E-state index in [1.807, 2.05) is 13.0 Å². The second-order valence-corrected chi connectivity index (χ2v) is 5.26. The van der Waals surface area contributed by atoms with Crippen molar-refractivity contribution < 1.29 is 4.39 Å². The van der Waals surface area contributed by atoms with E-state index in [1.54, 1.807) is 12.3 Å². The molecular formula is C14H12FN5S. The van der Waals surface area contributed by atoms with Gasteiger partial charge in [-0.3, -0.25) is 0 Å². The van der Waals surface area contributed by atoms with E-state index in [0.29, 0.717) is 22.2 Å². The zero-order chi connectivity index (χ0) is 14.8. The standard InChI is InChI=1S/C14H12FN5S/c1-2-11-17-7-12(19-11)21-20-10-4-3-9(15)13-8(5-16)6-18-14(10)13/h3-4,6-7,18,20H,2H2,1H3,(H,17,19). The molecular weight excluding hydrogens is 289 g/mol. The number of rotatable bonds is 4. The number of aromatic nitrogens is 3. The molecule has 0 atom stereocenters. The fourth-order valence-electron chi connectivity index (χ4n) is 2.07. The van der Waals surface area contributed by atoms with E-state index in [-0.39, 0.29) is 0 Å². The molecule has 0 radical (unpaired) electrons. The van der Waals surface area contributed by atoms with Crippen molar-refractivity contribution in [1.82, 2.24) is 15.0 Å². The average molecular weight is 301 g/mol. The minimum absolute atomic E-state index is 0.297. The van der Waals surface area contributed by atoms with Crippen LogP contribution >= 0.6 is 11.9 Å². The van der Waals surface area contributed by atoms with Crippen molar-refractivity contribution in [2.45, 2.75) is 18.4 Å². The van der Waals surface area contributed by atoms with Gasteiger partial charge in [-0.25, -0.2) is 9.37 Å². The summed E-state index contributed by atoms with van der Waals surface area (Å²) in [6, 6.07) is 4.97. The molecule has 0 saturated carbocycles. The zero-order valence-electron chi connectivity index (χ0n) is 11.2. The van der Waals surface area contributed by atoms with Crippen molar-refractivity contribution in [3.05, 3.63) is 41.7 Å². The maximum Gasteiger partial charge on any atom is 0.134 e. The van der Waals surface area contributed by atoms with Crippen LogP contribution in [-0.2, 0) is 6.42 Å². The highest BCUT2D eigenvalue weighted by molar-refractivity contribution is 8.00. The van der Waals surface area contributed by atoms with E-state index in [1.165, 1.54) is 24.2 Å². The van der Waals surface area contributed by atoms with Crippen molar-refractivity contribution in [3.63, 3.8) is 0 Å². The SMILES string of the molecule is CCc1ncc(SNc2ccc(F)c3c(C#N)c[nH]c23)[nH]1. The van der Waals surface area contributed by atoms with Gasteiger partial charge < -0.3 is 14.7 Å². The van der Waals surface area contributed by atoms with Gasteiger partial charge in [0.2, 0.25) is 0 Å². The Balaban J connectivity index is 1.89. The van der Waals surface area contributed by atoms with Gasteiger partial charge in [0.15, 0.2) is 0 Å². The Morgan fingerprint density at radius 3 is 3.05 bits per heavy atom. The van der Waals surface area contributed by atoms with Gasteiger partial charge in [0, 0.05) is 24.6 Å². The van der Waals surface area contributed by atoms with Crippen LogP contribution in [0.3, 0.4) is 0 Å². The normalized spacial score (nSPS) is 10.7. The fourth-order valence-corrected chi connectivity index (χ4v) is 2.73. The lowest BCUT2D eigenvalue weighted by Crippen LogP contribution is -1.90. The summed E-state index contributed by atoms with van der Waals surface area (Å²) < 4.78 is 17.0. The molecule has 0 unspecified atom stereocenters. The molecule has 0 saturated heterocycles. The van der Waals surface area contributed by atoms with E-state index < -0.39 is 5.82 Å². The Kier molecular flexibility index (Phi) is 3.54. The van der Waals surface area contributed by atoms with E-state index >= 15 is 0 Å². The van der Waals surface area contributed by atoms with Crippen LogP contribution in [0.15, 0.2) is 29.6 Å². The van der Waals surface area contributed by atoms with Gasteiger partial charge in [-0.15, -0.1) is 0 Å². The third-order valence-electron chi connectivity index (χ3n) is 3.12. The number of hydrogen-bond donors (Lipinski definition) is 3. The average Bonchev–Trinajstić information content (AvgIpc) is 3.13. The van der Waals surface area contributed by atoms with Crippen LogP contribution in [0.5, 0.6) is 0 Å². The lowest BCUT2D eigenvalue weighted by atomic mass is 10.1. The lowest BCUT2D eigenvalue weighted by molar-refractivity contribution is 0.640. The summed E-state index contributed by atoms with van der Waals surface area (Å²) in [7, 11) is 0. The first-order chi connectivity index (χ1) is 10.2. The van der Waals surface area contributed by atoms with E-state index in [4.69, 9.17) is 5.26 Å². The summed E-state index contributed by atoms with van der Waals surface area (Å²) in [4.78, 5) is 10.3.